The van der Waals surface area contributed by atoms with E-state index in [1.165, 1.54) is 16.0 Å². The van der Waals surface area contributed by atoms with Gasteiger partial charge < -0.3 is 4.98 Å². The summed E-state index contributed by atoms with van der Waals surface area (Å²) >= 11 is 1.81. The van der Waals surface area contributed by atoms with Gasteiger partial charge in [-0.1, -0.05) is 30.3 Å². The van der Waals surface area contributed by atoms with Gasteiger partial charge in [0.1, 0.15) is 0 Å². The van der Waals surface area contributed by atoms with Crippen LogP contribution in [0.25, 0.3) is 0 Å². The molecule has 0 fully saturated rings. The van der Waals surface area contributed by atoms with Crippen LogP contribution in [0.4, 0.5) is 0 Å². The fourth-order valence-electron chi connectivity index (χ4n) is 2.05. The third-order valence-corrected chi connectivity index (χ3v) is 3.93. The van der Waals surface area contributed by atoms with Crippen molar-refractivity contribution in [1.29, 1.82) is 0 Å². The summed E-state index contributed by atoms with van der Waals surface area (Å²) in [4.78, 5) is 8.70. The van der Waals surface area contributed by atoms with Crippen LogP contribution in [0, 0.1) is 0 Å². The van der Waals surface area contributed by atoms with Gasteiger partial charge in [-0.05, 0) is 29.0 Å². The smallest absolute Gasteiger partial charge is 0.0923 e. The first-order valence-electron chi connectivity index (χ1n) is 5.98. The van der Waals surface area contributed by atoms with Gasteiger partial charge in [-0.3, -0.25) is 0 Å². The first-order valence-corrected chi connectivity index (χ1v) is 6.86. The Labute approximate surface area is 110 Å². The minimum Gasteiger partial charge on any atom is -0.351 e. The molecule has 1 N–H and O–H groups in total. The molecule has 2 nitrogen and oxygen atoms in total. The van der Waals surface area contributed by atoms with Gasteiger partial charge in [0.15, 0.2) is 0 Å². The van der Waals surface area contributed by atoms with E-state index >= 15 is 0 Å². The van der Waals surface area contributed by atoms with E-state index in [0.29, 0.717) is 0 Å². The van der Waals surface area contributed by atoms with E-state index in [9.17, 15) is 0 Å². The predicted octanol–water partition coefficient (Wildman–Crippen LogP) is 3.65. The Bertz CT molecular complexity index is 596. The van der Waals surface area contributed by atoms with Crippen LogP contribution >= 0.6 is 11.3 Å². The monoisotopic (exact) mass is 254 g/mol. The minimum atomic E-state index is 0.920. The zero-order valence-electron chi connectivity index (χ0n) is 9.97. The summed E-state index contributed by atoms with van der Waals surface area (Å²) in [6, 6.07) is 12.8. The van der Waals surface area contributed by atoms with Crippen molar-refractivity contribution in [2.75, 3.05) is 0 Å². The average molecular weight is 254 g/mol. The Morgan fingerprint density at radius 1 is 1.06 bits per heavy atom. The topological polar surface area (TPSA) is 28.7 Å². The quantitative estimate of drug-likeness (QED) is 0.756. The summed E-state index contributed by atoms with van der Waals surface area (Å²) in [5, 5.41) is 2.17. The molecule has 2 aromatic heterocycles. The molecule has 0 saturated carbocycles. The molecular formula is C15H14N2S. The van der Waals surface area contributed by atoms with Gasteiger partial charge in [0.05, 0.1) is 12.0 Å². The Kier molecular flexibility index (Phi) is 3.24. The number of aromatic amines is 1. The third-order valence-electron chi connectivity index (χ3n) is 2.97. The molecule has 18 heavy (non-hydrogen) atoms. The van der Waals surface area contributed by atoms with E-state index in [1.54, 1.807) is 6.33 Å². The van der Waals surface area contributed by atoms with E-state index in [-0.39, 0.29) is 0 Å². The lowest BCUT2D eigenvalue weighted by Gasteiger charge is -2.03. The Balaban J connectivity index is 1.79. The van der Waals surface area contributed by atoms with E-state index < -0.39 is 0 Å². The van der Waals surface area contributed by atoms with Crippen molar-refractivity contribution < 1.29 is 0 Å². The fraction of sp³-hybridized carbons (Fsp3) is 0.133. The van der Waals surface area contributed by atoms with Gasteiger partial charge in [0.25, 0.3) is 0 Å². The zero-order valence-corrected chi connectivity index (χ0v) is 10.8. The van der Waals surface area contributed by atoms with Crippen LogP contribution in [0.3, 0.4) is 0 Å². The van der Waals surface area contributed by atoms with Gasteiger partial charge in [0, 0.05) is 17.5 Å². The fourth-order valence-corrected chi connectivity index (χ4v) is 2.97. The number of nitrogens with one attached hydrogen (secondary N) is 1. The number of imidazole rings is 1. The molecule has 0 aliphatic carbocycles. The summed E-state index contributed by atoms with van der Waals surface area (Å²) in [5.41, 5.74) is 3.88. The number of H-pyrrole nitrogens is 1. The molecule has 1 aromatic carbocycles. The first-order chi connectivity index (χ1) is 8.92. The highest BCUT2D eigenvalue weighted by atomic mass is 32.1. The number of hydrogen-bond donors (Lipinski definition) is 1. The van der Waals surface area contributed by atoms with E-state index in [1.807, 2.05) is 17.5 Å². The number of hydrogen-bond acceptors (Lipinski definition) is 2. The summed E-state index contributed by atoms with van der Waals surface area (Å²) in [6.45, 7) is 0. The molecule has 0 saturated heterocycles. The van der Waals surface area contributed by atoms with Gasteiger partial charge in [-0.15, -0.1) is 11.3 Å². The Morgan fingerprint density at radius 2 is 1.94 bits per heavy atom. The number of thiophene rings is 1. The van der Waals surface area contributed by atoms with Crippen molar-refractivity contribution in [3.8, 4) is 0 Å². The second-order valence-electron chi connectivity index (χ2n) is 4.27. The molecule has 0 radical (unpaired) electrons. The number of benzene rings is 1. The number of rotatable bonds is 4. The summed E-state index contributed by atoms with van der Waals surface area (Å²) in [7, 11) is 0. The number of nitrogens with zero attached hydrogens (tertiary/aromatic N) is 1. The second-order valence-corrected chi connectivity index (χ2v) is 5.27. The molecule has 0 aliphatic rings. The molecule has 3 heteroatoms. The Morgan fingerprint density at radius 3 is 2.72 bits per heavy atom. The van der Waals surface area contributed by atoms with Crippen molar-refractivity contribution >= 4 is 11.3 Å². The van der Waals surface area contributed by atoms with Crippen LogP contribution < -0.4 is 0 Å². The number of aromatic nitrogens is 2. The lowest BCUT2D eigenvalue weighted by molar-refractivity contribution is 1.09. The highest BCUT2D eigenvalue weighted by Crippen LogP contribution is 2.22. The zero-order chi connectivity index (χ0) is 12.2. The van der Waals surface area contributed by atoms with Crippen molar-refractivity contribution in [3.63, 3.8) is 0 Å². The largest absolute Gasteiger partial charge is 0.351 e. The summed E-state index contributed by atoms with van der Waals surface area (Å²) in [5.74, 6) is 0. The maximum absolute atomic E-state index is 4.29. The normalized spacial score (nSPS) is 10.7. The lowest BCUT2D eigenvalue weighted by atomic mass is 10.0. The van der Waals surface area contributed by atoms with Crippen molar-refractivity contribution in [1.82, 2.24) is 9.97 Å². The first kappa shape index (κ1) is 11.2. The SMILES string of the molecule is c1ccc(Cc2ccsc2Cc2c[nH]cn2)cc1. The van der Waals surface area contributed by atoms with E-state index in [4.69, 9.17) is 0 Å². The van der Waals surface area contributed by atoms with Crippen molar-refractivity contribution in [2.24, 2.45) is 0 Å². The van der Waals surface area contributed by atoms with Crippen molar-refractivity contribution in [2.45, 2.75) is 12.8 Å². The second kappa shape index (κ2) is 5.19. The molecule has 90 valence electrons. The molecule has 3 rings (SSSR count). The molecule has 3 aromatic rings. The van der Waals surface area contributed by atoms with Gasteiger partial charge in [-0.25, -0.2) is 4.98 Å². The molecule has 0 atom stereocenters. The van der Waals surface area contributed by atoms with E-state index in [2.05, 4.69) is 51.7 Å². The van der Waals surface area contributed by atoms with Crippen LogP contribution in [-0.4, -0.2) is 9.97 Å². The molecule has 0 aliphatic heterocycles. The Hall–Kier alpha value is -1.87. The molecule has 2 heterocycles. The molecule has 0 spiro atoms. The molecule has 0 bridgehead atoms. The summed E-state index contributed by atoms with van der Waals surface area (Å²) in [6.07, 6.45) is 5.62. The lowest BCUT2D eigenvalue weighted by Crippen LogP contribution is -1.92. The average Bonchev–Trinajstić information content (AvgIpc) is 3.04. The maximum atomic E-state index is 4.29. The minimum absolute atomic E-state index is 0.920. The standard InChI is InChI=1S/C15H14N2S/c1-2-4-12(5-3-1)8-13-6-7-18-15(13)9-14-10-16-11-17-14/h1-7,10-11H,8-9H2,(H,16,17). The molecule has 0 unspecified atom stereocenters. The van der Waals surface area contributed by atoms with E-state index in [0.717, 1.165) is 18.5 Å². The van der Waals surface area contributed by atoms with Crippen LogP contribution in [0.1, 0.15) is 21.7 Å². The maximum Gasteiger partial charge on any atom is 0.0923 e. The third kappa shape index (κ3) is 2.51. The van der Waals surface area contributed by atoms with Crippen molar-refractivity contribution in [3.05, 3.63) is 76.0 Å². The van der Waals surface area contributed by atoms with Crippen LogP contribution in [-0.2, 0) is 12.8 Å². The predicted molar refractivity (Wildman–Crippen MR) is 75.0 cm³/mol. The highest BCUT2D eigenvalue weighted by Gasteiger charge is 2.07. The molecular weight excluding hydrogens is 240 g/mol. The van der Waals surface area contributed by atoms with Gasteiger partial charge in [-0.2, -0.15) is 0 Å². The van der Waals surface area contributed by atoms with Gasteiger partial charge in [0.2, 0.25) is 0 Å². The highest BCUT2D eigenvalue weighted by molar-refractivity contribution is 7.10. The van der Waals surface area contributed by atoms with Crippen LogP contribution in [0.2, 0.25) is 0 Å². The van der Waals surface area contributed by atoms with Crippen LogP contribution in [0.15, 0.2) is 54.3 Å². The van der Waals surface area contributed by atoms with Gasteiger partial charge >= 0.3 is 0 Å². The van der Waals surface area contributed by atoms with Crippen LogP contribution in [0.5, 0.6) is 0 Å². The summed E-state index contributed by atoms with van der Waals surface area (Å²) < 4.78 is 0. The molecule has 0 amide bonds.